The number of aromatic amines is 1. The lowest BCUT2D eigenvalue weighted by molar-refractivity contribution is -0.120. The Bertz CT molecular complexity index is 1330. The monoisotopic (exact) mass is 466 g/mol. The van der Waals surface area contributed by atoms with Gasteiger partial charge < -0.3 is 10.3 Å². The molecule has 32 heavy (non-hydrogen) atoms. The number of hydrogen-bond donors (Lipinski definition) is 2. The largest absolute Gasteiger partial charge is 0.338 e. The number of hydrogen-bond acceptors (Lipinski definition) is 5. The van der Waals surface area contributed by atoms with Crippen LogP contribution in [0.3, 0.4) is 0 Å². The van der Waals surface area contributed by atoms with Crippen LogP contribution in [0.25, 0.3) is 22.4 Å². The first-order valence-corrected chi connectivity index (χ1v) is 12.7. The molecule has 164 valence electrons. The summed E-state index contributed by atoms with van der Waals surface area (Å²) in [6.07, 6.45) is 1.31. The fourth-order valence-electron chi connectivity index (χ4n) is 3.99. The van der Waals surface area contributed by atoms with E-state index in [1.54, 1.807) is 17.5 Å². The molecule has 0 bridgehead atoms. The number of imidazole rings is 1. The minimum atomic E-state index is -3.55. The highest BCUT2D eigenvalue weighted by molar-refractivity contribution is 7.91. The molecule has 3 heterocycles. The van der Waals surface area contributed by atoms with Gasteiger partial charge in [-0.2, -0.15) is 4.31 Å². The third kappa shape index (κ3) is 4.06. The van der Waals surface area contributed by atoms with E-state index in [2.05, 4.69) is 15.3 Å². The molecule has 1 unspecified atom stereocenters. The van der Waals surface area contributed by atoms with E-state index in [0.717, 1.165) is 22.4 Å². The number of H-pyrrole nitrogens is 1. The van der Waals surface area contributed by atoms with Gasteiger partial charge in [-0.25, -0.2) is 13.4 Å². The third-order valence-corrected chi connectivity index (χ3v) is 8.88. The number of aromatic nitrogens is 2. The van der Waals surface area contributed by atoms with Gasteiger partial charge in [-0.3, -0.25) is 4.79 Å². The maximum absolute atomic E-state index is 13.0. The number of nitrogens with zero attached hydrogens (tertiary/aromatic N) is 2. The number of amides is 1. The van der Waals surface area contributed by atoms with Crippen molar-refractivity contribution in [3.63, 3.8) is 0 Å². The van der Waals surface area contributed by atoms with Gasteiger partial charge in [-0.05, 0) is 48.6 Å². The Hall–Kier alpha value is -3.01. The van der Waals surface area contributed by atoms with Crippen molar-refractivity contribution in [1.29, 1.82) is 0 Å². The molecule has 0 saturated carbocycles. The summed E-state index contributed by atoms with van der Waals surface area (Å²) in [5.41, 5.74) is 3.35. The molecule has 2 aromatic carbocycles. The van der Waals surface area contributed by atoms with E-state index in [1.165, 1.54) is 15.6 Å². The van der Waals surface area contributed by atoms with Gasteiger partial charge >= 0.3 is 0 Å². The van der Waals surface area contributed by atoms with Crippen LogP contribution in [0.15, 0.2) is 70.3 Å². The van der Waals surface area contributed by atoms with Crippen LogP contribution in [0.2, 0.25) is 0 Å². The Morgan fingerprint density at radius 1 is 1.12 bits per heavy atom. The van der Waals surface area contributed by atoms with Gasteiger partial charge in [0.05, 0.1) is 17.0 Å². The Morgan fingerprint density at radius 2 is 2.00 bits per heavy atom. The van der Waals surface area contributed by atoms with Crippen LogP contribution < -0.4 is 5.32 Å². The molecular weight excluding hydrogens is 444 g/mol. The summed E-state index contributed by atoms with van der Waals surface area (Å²) in [6.45, 7) is 0.626. The van der Waals surface area contributed by atoms with E-state index in [-0.39, 0.29) is 12.5 Å². The molecule has 1 aliphatic heterocycles. The zero-order valence-electron chi connectivity index (χ0n) is 17.2. The molecule has 0 spiro atoms. The summed E-state index contributed by atoms with van der Waals surface area (Å²) in [7, 11) is -3.55. The fourth-order valence-corrected chi connectivity index (χ4v) is 6.66. The van der Waals surface area contributed by atoms with Crippen LogP contribution in [-0.2, 0) is 14.8 Å². The Balaban J connectivity index is 1.31. The predicted molar refractivity (Wildman–Crippen MR) is 126 cm³/mol. The second-order valence-corrected chi connectivity index (χ2v) is 10.9. The summed E-state index contributed by atoms with van der Waals surface area (Å²) in [5.74, 6) is 0.166. The molecule has 2 N–H and O–H groups in total. The lowest BCUT2D eigenvalue weighted by atomic mass is 9.98. The smallest absolute Gasteiger partial charge is 0.252 e. The van der Waals surface area contributed by atoms with Crippen LogP contribution in [0, 0.1) is 5.92 Å². The molecule has 0 radical (unpaired) electrons. The number of nitrogens with one attached hydrogen (secondary N) is 2. The second-order valence-electron chi connectivity index (χ2n) is 7.81. The van der Waals surface area contributed by atoms with Gasteiger partial charge in [-0.15, -0.1) is 11.3 Å². The minimum absolute atomic E-state index is 0.169. The highest BCUT2D eigenvalue weighted by atomic mass is 32.2. The zero-order chi connectivity index (χ0) is 22.1. The number of carbonyl (C=O) groups excluding carboxylic acids is 1. The molecular formula is C23H22N4O3S2. The van der Waals surface area contributed by atoms with E-state index in [0.29, 0.717) is 29.3 Å². The van der Waals surface area contributed by atoms with E-state index in [4.69, 9.17) is 0 Å². The quantitative estimate of drug-likeness (QED) is 0.458. The SMILES string of the molecule is O=C(Nc1cccc(-c2nc3ccccc3[nH]2)c1)C1CCCN(S(=O)(=O)c2cccs2)C1. The summed E-state index contributed by atoms with van der Waals surface area (Å²) in [6, 6.07) is 18.6. The average molecular weight is 467 g/mol. The van der Waals surface area contributed by atoms with Crippen molar-refractivity contribution in [2.45, 2.75) is 17.1 Å². The summed E-state index contributed by atoms with van der Waals surface area (Å²) in [5, 5.41) is 4.71. The highest BCUT2D eigenvalue weighted by Gasteiger charge is 2.33. The Morgan fingerprint density at radius 3 is 2.81 bits per heavy atom. The Labute approximate surface area is 190 Å². The van der Waals surface area contributed by atoms with Crippen LogP contribution in [0.5, 0.6) is 0 Å². The molecule has 1 fully saturated rings. The van der Waals surface area contributed by atoms with Gasteiger partial charge in [0, 0.05) is 24.3 Å². The van der Waals surface area contributed by atoms with Crippen LogP contribution >= 0.6 is 11.3 Å². The van der Waals surface area contributed by atoms with E-state index < -0.39 is 15.9 Å². The molecule has 1 amide bonds. The number of sulfonamides is 1. The lowest BCUT2D eigenvalue weighted by Crippen LogP contribution is -2.43. The molecule has 1 saturated heterocycles. The van der Waals surface area contributed by atoms with E-state index in [9.17, 15) is 13.2 Å². The molecule has 1 aliphatic rings. The van der Waals surface area contributed by atoms with E-state index in [1.807, 2.05) is 48.5 Å². The van der Waals surface area contributed by atoms with Crippen molar-refractivity contribution in [2.24, 2.45) is 5.92 Å². The molecule has 2 aromatic heterocycles. The maximum atomic E-state index is 13.0. The van der Waals surface area contributed by atoms with E-state index >= 15 is 0 Å². The van der Waals surface area contributed by atoms with Crippen molar-refractivity contribution in [3.05, 3.63) is 66.0 Å². The predicted octanol–water partition coefficient (Wildman–Crippen LogP) is 4.33. The maximum Gasteiger partial charge on any atom is 0.252 e. The number of carbonyl (C=O) groups is 1. The fraction of sp³-hybridized carbons (Fsp3) is 0.217. The minimum Gasteiger partial charge on any atom is -0.338 e. The van der Waals surface area contributed by atoms with Crippen molar-refractivity contribution >= 4 is 44.0 Å². The van der Waals surface area contributed by atoms with Crippen LogP contribution in [0.1, 0.15) is 12.8 Å². The van der Waals surface area contributed by atoms with Crippen LogP contribution in [-0.4, -0.2) is 41.7 Å². The first-order valence-electron chi connectivity index (χ1n) is 10.4. The number of para-hydroxylation sites is 2. The van der Waals surface area contributed by atoms with Gasteiger partial charge in [0.15, 0.2) is 0 Å². The first-order chi connectivity index (χ1) is 15.5. The number of rotatable bonds is 5. The number of fused-ring (bicyclic) bond motifs is 1. The standard InChI is InChI=1S/C23H22N4O3S2/c28-23(17-7-4-12-27(15-17)32(29,30)21-11-5-13-31-21)24-18-8-3-6-16(14-18)22-25-19-9-1-2-10-20(19)26-22/h1-3,5-6,8-11,13-14,17H,4,7,12,15H2,(H,24,28)(H,25,26). The molecule has 0 aliphatic carbocycles. The second kappa shape index (κ2) is 8.50. The zero-order valence-corrected chi connectivity index (χ0v) is 18.8. The topological polar surface area (TPSA) is 95.2 Å². The van der Waals surface area contributed by atoms with Crippen LogP contribution in [0.4, 0.5) is 5.69 Å². The highest BCUT2D eigenvalue weighted by Crippen LogP contribution is 2.28. The first kappa shape index (κ1) is 20.9. The number of anilines is 1. The molecule has 9 heteroatoms. The van der Waals surface area contributed by atoms with Crippen molar-refractivity contribution in [1.82, 2.24) is 14.3 Å². The molecule has 4 aromatic rings. The third-order valence-electron chi connectivity index (χ3n) is 5.64. The summed E-state index contributed by atoms with van der Waals surface area (Å²) in [4.78, 5) is 20.9. The van der Waals surface area contributed by atoms with Gasteiger partial charge in [0.2, 0.25) is 5.91 Å². The van der Waals surface area contributed by atoms with Gasteiger partial charge in [0.25, 0.3) is 10.0 Å². The number of thiophene rings is 1. The van der Waals surface area contributed by atoms with Gasteiger partial charge in [0.1, 0.15) is 10.0 Å². The molecule has 5 rings (SSSR count). The van der Waals surface area contributed by atoms with Crippen molar-refractivity contribution in [3.8, 4) is 11.4 Å². The summed E-state index contributed by atoms with van der Waals surface area (Å²) < 4.78 is 27.4. The molecule has 1 atom stereocenters. The van der Waals surface area contributed by atoms with Crippen molar-refractivity contribution < 1.29 is 13.2 Å². The normalized spacial score (nSPS) is 17.4. The number of piperidine rings is 1. The summed E-state index contributed by atoms with van der Waals surface area (Å²) >= 11 is 1.20. The average Bonchev–Trinajstić information content (AvgIpc) is 3.50. The van der Waals surface area contributed by atoms with Crippen molar-refractivity contribution in [2.75, 3.05) is 18.4 Å². The lowest BCUT2D eigenvalue weighted by Gasteiger charge is -2.30. The number of benzene rings is 2. The Kier molecular flexibility index (Phi) is 5.54. The molecule has 7 nitrogen and oxygen atoms in total. The van der Waals surface area contributed by atoms with Gasteiger partial charge in [-0.1, -0.05) is 30.3 Å².